The third-order valence-electron chi connectivity index (χ3n) is 1.02. The fourth-order valence-corrected chi connectivity index (χ4v) is 0.596. The first kappa shape index (κ1) is 10.9. The molecule has 0 unspecified atom stereocenters. The molecule has 0 fully saturated rings. The summed E-state index contributed by atoms with van der Waals surface area (Å²) < 4.78 is 0. The van der Waals surface area contributed by atoms with Crippen LogP contribution in [-0.4, -0.2) is 36.6 Å². The molecule has 4 N–H and O–H groups in total. The molecule has 0 aromatic carbocycles. The van der Waals surface area contributed by atoms with Gasteiger partial charge in [0.1, 0.15) is 0 Å². The topological polar surface area (TPSA) is 98.6 Å². The minimum atomic E-state index is -0.565. The van der Waals surface area contributed by atoms with E-state index < -0.39 is 11.9 Å². The highest BCUT2D eigenvalue weighted by Crippen LogP contribution is 1.90. The molecule has 0 aromatic rings. The Kier molecular flexibility index (Phi) is 4.98. The van der Waals surface area contributed by atoms with Gasteiger partial charge in [-0.3, -0.25) is 9.59 Å². The summed E-state index contributed by atoms with van der Waals surface area (Å²) in [5, 5.41) is 0.863. The summed E-state index contributed by atoms with van der Waals surface area (Å²) in [5.74, 6) is -1.03. The Morgan fingerprint density at radius 3 is 2.33 bits per heavy atom. The third kappa shape index (κ3) is 3.89. The lowest BCUT2D eigenvalue weighted by Gasteiger charge is -2.18. The summed E-state index contributed by atoms with van der Waals surface area (Å²) in [7, 11) is 0. The zero-order valence-electron chi connectivity index (χ0n) is 6.95. The molecule has 0 saturated heterocycles. The average molecular weight is 175 g/mol. The number of amides is 1. The lowest BCUT2D eigenvalue weighted by atomic mass is 10.5. The Hall–Kier alpha value is -1.14. The van der Waals surface area contributed by atoms with Crippen LogP contribution in [0.25, 0.3) is 0 Å². The van der Waals surface area contributed by atoms with E-state index in [-0.39, 0.29) is 19.6 Å². The standard InChI is InChI=1S/C6H13N3O3/c1-5(10)12-9(3-2-7)6(11)4-8/h2-4,7-8H2,1H3. The first-order valence-corrected chi connectivity index (χ1v) is 3.50. The SMILES string of the molecule is CC(=O)ON(CCN)C(=O)CN. The fraction of sp³-hybridized carbons (Fsp3) is 0.667. The molecule has 6 nitrogen and oxygen atoms in total. The highest BCUT2D eigenvalue weighted by atomic mass is 16.7. The van der Waals surface area contributed by atoms with Gasteiger partial charge in [-0.1, -0.05) is 0 Å². The van der Waals surface area contributed by atoms with Crippen LogP contribution in [0.3, 0.4) is 0 Å². The summed E-state index contributed by atoms with van der Waals surface area (Å²) in [4.78, 5) is 25.9. The molecule has 0 spiro atoms. The van der Waals surface area contributed by atoms with Crippen LogP contribution >= 0.6 is 0 Å². The molecule has 0 aliphatic heterocycles. The summed E-state index contributed by atoms with van der Waals surface area (Å²) in [6.07, 6.45) is 0. The van der Waals surface area contributed by atoms with Gasteiger partial charge in [-0.05, 0) is 0 Å². The van der Waals surface area contributed by atoms with Crippen LogP contribution in [-0.2, 0) is 14.4 Å². The molecule has 0 rings (SSSR count). The van der Waals surface area contributed by atoms with E-state index in [4.69, 9.17) is 11.5 Å². The maximum atomic E-state index is 10.9. The van der Waals surface area contributed by atoms with Crippen LogP contribution in [0.15, 0.2) is 0 Å². The van der Waals surface area contributed by atoms with Gasteiger partial charge in [0.25, 0.3) is 5.91 Å². The molecule has 12 heavy (non-hydrogen) atoms. The van der Waals surface area contributed by atoms with Crippen LogP contribution in [0.1, 0.15) is 6.92 Å². The van der Waals surface area contributed by atoms with Gasteiger partial charge < -0.3 is 16.3 Å². The lowest BCUT2D eigenvalue weighted by Crippen LogP contribution is -2.40. The van der Waals surface area contributed by atoms with E-state index in [1.807, 2.05) is 0 Å². The van der Waals surface area contributed by atoms with Gasteiger partial charge in [0, 0.05) is 13.5 Å². The van der Waals surface area contributed by atoms with Crippen molar-refractivity contribution < 1.29 is 14.4 Å². The van der Waals surface area contributed by atoms with E-state index >= 15 is 0 Å². The van der Waals surface area contributed by atoms with Crippen molar-refractivity contribution in [1.29, 1.82) is 0 Å². The number of nitrogens with zero attached hydrogens (tertiary/aromatic N) is 1. The van der Waals surface area contributed by atoms with Gasteiger partial charge >= 0.3 is 5.97 Å². The highest BCUT2D eigenvalue weighted by molar-refractivity contribution is 5.78. The minimum Gasteiger partial charge on any atom is -0.338 e. The predicted molar refractivity (Wildman–Crippen MR) is 41.6 cm³/mol. The number of hydrogen-bond donors (Lipinski definition) is 2. The first-order valence-electron chi connectivity index (χ1n) is 3.50. The quantitative estimate of drug-likeness (QED) is 0.493. The Bertz CT molecular complexity index is 171. The van der Waals surface area contributed by atoms with Crippen molar-refractivity contribution in [3.8, 4) is 0 Å². The van der Waals surface area contributed by atoms with Gasteiger partial charge in [0.2, 0.25) is 0 Å². The highest BCUT2D eigenvalue weighted by Gasteiger charge is 2.13. The van der Waals surface area contributed by atoms with Crippen LogP contribution in [0.4, 0.5) is 0 Å². The molecular weight excluding hydrogens is 162 g/mol. The van der Waals surface area contributed by atoms with Crippen LogP contribution in [0.2, 0.25) is 0 Å². The molecule has 0 aliphatic carbocycles. The number of carbonyl (C=O) groups is 2. The van der Waals surface area contributed by atoms with E-state index in [1.165, 1.54) is 6.92 Å². The summed E-state index contributed by atoms with van der Waals surface area (Å²) in [6, 6.07) is 0. The van der Waals surface area contributed by atoms with Gasteiger partial charge in [0.05, 0.1) is 13.1 Å². The smallest absolute Gasteiger partial charge is 0.329 e. The van der Waals surface area contributed by atoms with Crippen molar-refractivity contribution in [2.45, 2.75) is 6.92 Å². The molecule has 70 valence electrons. The predicted octanol–water partition coefficient (Wildman–Crippen LogP) is -1.79. The Morgan fingerprint density at radius 1 is 1.42 bits per heavy atom. The third-order valence-corrected chi connectivity index (χ3v) is 1.02. The number of nitrogens with two attached hydrogens (primary N) is 2. The van der Waals surface area contributed by atoms with E-state index in [9.17, 15) is 9.59 Å². The summed E-state index contributed by atoms with van der Waals surface area (Å²) in [5.41, 5.74) is 10.2. The maximum absolute atomic E-state index is 10.9. The Balaban J connectivity index is 4.02. The number of carbonyl (C=O) groups excluding carboxylic acids is 2. The van der Waals surface area contributed by atoms with Gasteiger partial charge in [-0.15, -0.1) is 0 Å². The lowest BCUT2D eigenvalue weighted by molar-refractivity contribution is -0.194. The van der Waals surface area contributed by atoms with E-state index in [1.54, 1.807) is 0 Å². The van der Waals surface area contributed by atoms with E-state index in [0.717, 1.165) is 5.06 Å². The monoisotopic (exact) mass is 175 g/mol. The van der Waals surface area contributed by atoms with Gasteiger partial charge in [0.15, 0.2) is 0 Å². The second-order valence-electron chi connectivity index (χ2n) is 2.07. The Labute approximate surface area is 70.4 Å². The largest absolute Gasteiger partial charge is 0.338 e. The van der Waals surface area contributed by atoms with Crippen molar-refractivity contribution in [1.82, 2.24) is 5.06 Å². The molecule has 0 aromatic heterocycles. The molecule has 0 atom stereocenters. The average Bonchev–Trinajstić information content (AvgIpc) is 2.01. The van der Waals surface area contributed by atoms with Crippen molar-refractivity contribution in [2.75, 3.05) is 19.6 Å². The maximum Gasteiger partial charge on any atom is 0.329 e. The Morgan fingerprint density at radius 2 is 2.00 bits per heavy atom. The molecular formula is C6H13N3O3. The summed E-state index contributed by atoms with van der Waals surface area (Å²) in [6.45, 7) is 1.38. The molecule has 1 amide bonds. The molecule has 0 saturated carbocycles. The molecule has 0 bridgehead atoms. The number of hydroxylamine groups is 2. The van der Waals surface area contributed by atoms with Gasteiger partial charge in [-0.2, -0.15) is 5.06 Å². The zero-order valence-corrected chi connectivity index (χ0v) is 6.95. The molecule has 0 radical (unpaired) electrons. The number of hydrogen-bond acceptors (Lipinski definition) is 5. The van der Waals surface area contributed by atoms with Crippen molar-refractivity contribution >= 4 is 11.9 Å². The molecule has 6 heteroatoms. The fourth-order valence-electron chi connectivity index (χ4n) is 0.596. The van der Waals surface area contributed by atoms with Crippen LogP contribution < -0.4 is 11.5 Å². The van der Waals surface area contributed by atoms with Crippen molar-refractivity contribution in [3.05, 3.63) is 0 Å². The summed E-state index contributed by atoms with van der Waals surface area (Å²) >= 11 is 0. The second-order valence-corrected chi connectivity index (χ2v) is 2.07. The number of rotatable bonds is 3. The second kappa shape index (κ2) is 5.50. The van der Waals surface area contributed by atoms with Crippen molar-refractivity contribution in [2.24, 2.45) is 11.5 Å². The van der Waals surface area contributed by atoms with E-state index in [0.29, 0.717) is 0 Å². The van der Waals surface area contributed by atoms with Gasteiger partial charge in [-0.25, -0.2) is 0 Å². The molecule has 0 aliphatic rings. The zero-order chi connectivity index (χ0) is 9.56. The normalized spacial score (nSPS) is 9.25. The van der Waals surface area contributed by atoms with Crippen LogP contribution in [0.5, 0.6) is 0 Å². The van der Waals surface area contributed by atoms with Crippen LogP contribution in [0, 0.1) is 0 Å². The van der Waals surface area contributed by atoms with E-state index in [2.05, 4.69) is 4.84 Å². The molecule has 0 heterocycles. The minimum absolute atomic E-state index is 0.162. The van der Waals surface area contributed by atoms with Crippen molar-refractivity contribution in [3.63, 3.8) is 0 Å². The first-order chi connectivity index (χ1) is 5.61.